The van der Waals surface area contributed by atoms with Gasteiger partial charge in [-0.3, -0.25) is 14.4 Å². The summed E-state index contributed by atoms with van der Waals surface area (Å²) >= 11 is 0. The molecule has 3 amide bonds. The lowest BCUT2D eigenvalue weighted by molar-refractivity contribution is -0.136. The van der Waals surface area contributed by atoms with Crippen molar-refractivity contribution in [1.82, 2.24) is 15.5 Å². The van der Waals surface area contributed by atoms with Gasteiger partial charge in [0.1, 0.15) is 12.1 Å². The van der Waals surface area contributed by atoms with E-state index in [2.05, 4.69) is 10.6 Å². The highest BCUT2D eigenvalue weighted by atomic mass is 16.2. The fourth-order valence-corrected chi connectivity index (χ4v) is 3.34. The molecule has 0 spiro atoms. The predicted octanol–water partition coefficient (Wildman–Crippen LogP) is 1.77. The SMILES string of the molecule is CN1CCCC[C@H](NC(=O)[C@@H](NC(=O)CC2CC2)c2ccccc2)C1=O. The molecule has 140 valence electrons. The fraction of sp³-hybridized carbons (Fsp3) is 0.550. The number of benzene rings is 1. The molecular formula is C20H27N3O3. The lowest BCUT2D eigenvalue weighted by Gasteiger charge is -2.24. The third kappa shape index (κ3) is 4.84. The second-order valence-corrected chi connectivity index (χ2v) is 7.38. The van der Waals surface area contributed by atoms with Crippen molar-refractivity contribution in [2.45, 2.75) is 50.6 Å². The van der Waals surface area contributed by atoms with E-state index in [1.54, 1.807) is 11.9 Å². The van der Waals surface area contributed by atoms with Gasteiger partial charge in [-0.15, -0.1) is 0 Å². The zero-order chi connectivity index (χ0) is 18.5. The van der Waals surface area contributed by atoms with Crippen LogP contribution in [0.15, 0.2) is 30.3 Å². The summed E-state index contributed by atoms with van der Waals surface area (Å²) in [6, 6.07) is 7.89. The Morgan fingerprint density at radius 1 is 1.15 bits per heavy atom. The molecule has 0 unspecified atom stereocenters. The molecule has 1 aliphatic heterocycles. The molecule has 2 fully saturated rings. The number of carbonyl (C=O) groups excluding carboxylic acids is 3. The van der Waals surface area contributed by atoms with Gasteiger partial charge in [-0.05, 0) is 43.6 Å². The first-order chi connectivity index (χ1) is 12.5. The summed E-state index contributed by atoms with van der Waals surface area (Å²) in [5, 5.41) is 5.73. The largest absolute Gasteiger partial charge is 0.344 e. The Labute approximate surface area is 154 Å². The van der Waals surface area contributed by atoms with Gasteiger partial charge in [0.15, 0.2) is 0 Å². The minimum atomic E-state index is -0.774. The van der Waals surface area contributed by atoms with E-state index in [1.807, 2.05) is 30.3 Å². The van der Waals surface area contributed by atoms with Crippen molar-refractivity contribution < 1.29 is 14.4 Å². The molecule has 26 heavy (non-hydrogen) atoms. The summed E-state index contributed by atoms with van der Waals surface area (Å²) in [5.41, 5.74) is 0.726. The molecule has 0 radical (unpaired) electrons. The van der Waals surface area contributed by atoms with Gasteiger partial charge in [0, 0.05) is 20.0 Å². The molecule has 1 saturated heterocycles. The Hall–Kier alpha value is -2.37. The number of nitrogens with zero attached hydrogens (tertiary/aromatic N) is 1. The standard InChI is InChI=1S/C20H27N3O3/c1-23-12-6-5-9-16(20(23)26)21-19(25)18(15-7-3-2-4-8-15)22-17(24)13-14-10-11-14/h2-4,7-8,14,16,18H,5-6,9-13H2,1H3,(H,21,25)(H,22,24)/t16-,18-/m0/s1. The molecule has 1 aromatic rings. The van der Waals surface area contributed by atoms with Crippen LogP contribution in [0.2, 0.25) is 0 Å². The van der Waals surface area contributed by atoms with Crippen LogP contribution in [0, 0.1) is 5.92 Å². The minimum absolute atomic E-state index is 0.0630. The second kappa shape index (κ2) is 8.34. The van der Waals surface area contributed by atoms with Gasteiger partial charge in [-0.1, -0.05) is 30.3 Å². The summed E-state index contributed by atoms with van der Waals surface area (Å²) < 4.78 is 0. The minimum Gasteiger partial charge on any atom is -0.344 e. The quantitative estimate of drug-likeness (QED) is 0.814. The van der Waals surface area contributed by atoms with Gasteiger partial charge < -0.3 is 15.5 Å². The molecule has 2 atom stereocenters. The Balaban J connectivity index is 1.71. The maximum Gasteiger partial charge on any atom is 0.247 e. The normalized spacial score (nSPS) is 21.7. The molecule has 2 N–H and O–H groups in total. The van der Waals surface area contributed by atoms with Crippen LogP contribution in [-0.4, -0.2) is 42.3 Å². The van der Waals surface area contributed by atoms with Crippen molar-refractivity contribution in [2.75, 3.05) is 13.6 Å². The van der Waals surface area contributed by atoms with Crippen LogP contribution < -0.4 is 10.6 Å². The van der Waals surface area contributed by atoms with Crippen molar-refractivity contribution >= 4 is 17.7 Å². The smallest absolute Gasteiger partial charge is 0.247 e. The number of rotatable bonds is 6. The number of hydrogen-bond donors (Lipinski definition) is 2. The van der Waals surface area contributed by atoms with E-state index in [0.29, 0.717) is 25.3 Å². The van der Waals surface area contributed by atoms with E-state index in [4.69, 9.17) is 0 Å². The number of likely N-dealkylation sites (tertiary alicyclic amines) is 1. The molecule has 6 heteroatoms. The van der Waals surface area contributed by atoms with Crippen LogP contribution in [0.1, 0.15) is 50.1 Å². The first kappa shape index (κ1) is 18.4. The third-order valence-electron chi connectivity index (χ3n) is 5.10. The summed E-state index contributed by atoms with van der Waals surface area (Å²) in [5.74, 6) is -0.0478. The molecule has 1 saturated carbocycles. The number of likely N-dealkylation sites (N-methyl/N-ethyl adjacent to an activating group) is 1. The molecule has 1 heterocycles. The Morgan fingerprint density at radius 2 is 1.88 bits per heavy atom. The lowest BCUT2D eigenvalue weighted by Crippen LogP contribution is -2.50. The Kier molecular flexibility index (Phi) is 5.91. The monoisotopic (exact) mass is 357 g/mol. The van der Waals surface area contributed by atoms with Crippen LogP contribution in [-0.2, 0) is 14.4 Å². The molecule has 6 nitrogen and oxygen atoms in total. The highest BCUT2D eigenvalue weighted by molar-refractivity contribution is 5.92. The average Bonchev–Trinajstić information content (AvgIpc) is 3.46. The van der Waals surface area contributed by atoms with Crippen LogP contribution in [0.4, 0.5) is 0 Å². The number of carbonyl (C=O) groups is 3. The summed E-state index contributed by atoms with van der Waals surface area (Å²) in [7, 11) is 1.76. The van der Waals surface area contributed by atoms with Gasteiger partial charge in [-0.25, -0.2) is 0 Å². The molecule has 2 aliphatic rings. The van der Waals surface area contributed by atoms with Gasteiger partial charge in [0.05, 0.1) is 0 Å². The van der Waals surface area contributed by atoms with Crippen LogP contribution in [0.5, 0.6) is 0 Å². The van der Waals surface area contributed by atoms with Gasteiger partial charge in [0.25, 0.3) is 0 Å². The van der Waals surface area contributed by atoms with Crippen LogP contribution in [0.25, 0.3) is 0 Å². The average molecular weight is 357 g/mol. The van der Waals surface area contributed by atoms with Crippen molar-refractivity contribution in [3.05, 3.63) is 35.9 Å². The van der Waals surface area contributed by atoms with E-state index in [0.717, 1.165) is 31.2 Å². The Bertz CT molecular complexity index is 658. The van der Waals surface area contributed by atoms with Crippen LogP contribution in [0.3, 0.4) is 0 Å². The second-order valence-electron chi connectivity index (χ2n) is 7.38. The van der Waals surface area contributed by atoms with Crippen LogP contribution >= 0.6 is 0 Å². The maximum atomic E-state index is 12.9. The number of amides is 3. The lowest BCUT2D eigenvalue weighted by atomic mass is 10.0. The summed E-state index contributed by atoms with van der Waals surface area (Å²) in [6.45, 7) is 0.714. The first-order valence-corrected chi connectivity index (χ1v) is 9.44. The van der Waals surface area contributed by atoms with E-state index in [-0.39, 0.29) is 17.7 Å². The zero-order valence-corrected chi connectivity index (χ0v) is 15.2. The van der Waals surface area contributed by atoms with E-state index in [1.165, 1.54) is 0 Å². The van der Waals surface area contributed by atoms with Crippen molar-refractivity contribution in [2.24, 2.45) is 5.92 Å². The summed E-state index contributed by atoms with van der Waals surface area (Å²) in [4.78, 5) is 39.3. The zero-order valence-electron chi connectivity index (χ0n) is 15.2. The van der Waals surface area contributed by atoms with Crippen molar-refractivity contribution in [3.63, 3.8) is 0 Å². The van der Waals surface area contributed by atoms with Crippen molar-refractivity contribution in [1.29, 1.82) is 0 Å². The fourth-order valence-electron chi connectivity index (χ4n) is 3.34. The number of hydrogen-bond acceptors (Lipinski definition) is 3. The molecule has 3 rings (SSSR count). The van der Waals surface area contributed by atoms with Crippen molar-refractivity contribution in [3.8, 4) is 0 Å². The summed E-state index contributed by atoms with van der Waals surface area (Å²) in [6.07, 6.45) is 5.09. The molecule has 0 bridgehead atoms. The highest BCUT2D eigenvalue weighted by Gasteiger charge is 2.31. The third-order valence-corrected chi connectivity index (χ3v) is 5.10. The topological polar surface area (TPSA) is 78.5 Å². The van der Waals surface area contributed by atoms with Gasteiger partial charge in [0.2, 0.25) is 17.7 Å². The molecular weight excluding hydrogens is 330 g/mol. The first-order valence-electron chi connectivity index (χ1n) is 9.44. The van der Waals surface area contributed by atoms with Gasteiger partial charge in [-0.2, -0.15) is 0 Å². The molecule has 1 aliphatic carbocycles. The van der Waals surface area contributed by atoms with E-state index < -0.39 is 12.1 Å². The predicted molar refractivity (Wildman–Crippen MR) is 98.1 cm³/mol. The molecule has 0 aromatic heterocycles. The number of nitrogens with one attached hydrogen (secondary N) is 2. The van der Waals surface area contributed by atoms with Gasteiger partial charge >= 0.3 is 0 Å². The van der Waals surface area contributed by atoms with E-state index in [9.17, 15) is 14.4 Å². The maximum absolute atomic E-state index is 12.9. The Morgan fingerprint density at radius 3 is 2.58 bits per heavy atom. The molecule has 1 aromatic carbocycles. The van der Waals surface area contributed by atoms with E-state index >= 15 is 0 Å². The highest BCUT2D eigenvalue weighted by Crippen LogP contribution is 2.32.